The third kappa shape index (κ3) is 36.2. The van der Waals surface area contributed by atoms with Crippen molar-refractivity contribution in [3.05, 3.63) is 56.6 Å². The van der Waals surface area contributed by atoms with E-state index in [0.29, 0.717) is 5.76 Å². The first-order chi connectivity index (χ1) is 9.85. The Morgan fingerprint density at radius 3 is 1.68 bits per heavy atom. The van der Waals surface area contributed by atoms with Crippen molar-refractivity contribution in [2.24, 2.45) is 0 Å². The van der Waals surface area contributed by atoms with Crippen LogP contribution in [-0.4, -0.2) is 21.4 Å². The summed E-state index contributed by atoms with van der Waals surface area (Å²) in [4.78, 5) is 10.7. The van der Waals surface area contributed by atoms with Gasteiger partial charge < -0.3 is 9.16 Å². The standard InChI is InChI=1S/C11H18O3Si.3CO.Fe/c1-10(14-15(3,4)5)8-6-7-9-11(12)13-2;3*1-2;/h6-9H,1H2,2-5H3;;;;/b8-6+,9-7+;;;;. The zero-order valence-electron chi connectivity index (χ0n) is 12.8. The fourth-order valence-electron chi connectivity index (χ4n) is 0.792. The van der Waals surface area contributed by atoms with Crippen LogP contribution in [-0.2, 0) is 45.0 Å². The van der Waals surface area contributed by atoms with Gasteiger partial charge in [0.25, 0.3) is 0 Å². The summed E-state index contributed by atoms with van der Waals surface area (Å²) in [6.45, 7) is 23.5. The topological polar surface area (TPSA) is 95.2 Å². The molecule has 0 aliphatic heterocycles. The molecule has 0 fully saturated rings. The van der Waals surface area contributed by atoms with Crippen molar-refractivity contribution >= 4 is 14.3 Å². The van der Waals surface area contributed by atoms with Gasteiger partial charge in [-0.25, -0.2) is 4.79 Å². The van der Waals surface area contributed by atoms with Crippen molar-refractivity contribution in [2.75, 3.05) is 7.11 Å². The van der Waals surface area contributed by atoms with Crippen molar-refractivity contribution in [1.82, 2.24) is 0 Å². The predicted molar refractivity (Wildman–Crippen MR) is 75.7 cm³/mol. The first-order valence-electron chi connectivity index (χ1n) is 5.27. The smallest absolute Gasteiger partial charge is 0 e. The van der Waals surface area contributed by atoms with Crippen LogP contribution in [0, 0.1) is 20.0 Å². The van der Waals surface area contributed by atoms with Gasteiger partial charge in [0.2, 0.25) is 8.32 Å². The van der Waals surface area contributed by atoms with Crippen molar-refractivity contribution < 1.29 is 45.0 Å². The molecule has 0 atom stereocenters. The minimum absolute atomic E-state index is 0. The van der Waals surface area contributed by atoms with Crippen LogP contribution in [0.5, 0.6) is 0 Å². The number of rotatable bonds is 5. The van der Waals surface area contributed by atoms with Gasteiger partial charge in [-0.15, -0.1) is 0 Å². The minimum Gasteiger partial charge on any atom is 0 e. The van der Waals surface area contributed by atoms with E-state index in [1.165, 1.54) is 13.2 Å². The molecule has 0 heterocycles. The van der Waals surface area contributed by atoms with Crippen molar-refractivity contribution in [2.45, 2.75) is 19.6 Å². The van der Waals surface area contributed by atoms with E-state index >= 15 is 0 Å². The fourth-order valence-corrected chi connectivity index (χ4v) is 1.65. The Bertz CT molecular complexity index is 388. The first-order valence-corrected chi connectivity index (χ1v) is 8.68. The van der Waals surface area contributed by atoms with E-state index in [2.05, 4.69) is 50.9 Å². The van der Waals surface area contributed by atoms with E-state index < -0.39 is 8.32 Å². The molecule has 0 amide bonds. The number of carbonyl (C=O) groups excluding carboxylic acids is 1. The summed E-state index contributed by atoms with van der Waals surface area (Å²) in [5.41, 5.74) is 0. The van der Waals surface area contributed by atoms with Crippen LogP contribution in [0.3, 0.4) is 0 Å². The van der Waals surface area contributed by atoms with Crippen LogP contribution in [0.25, 0.3) is 0 Å². The number of ether oxygens (including phenoxy) is 1. The number of allylic oxidation sites excluding steroid dienone is 3. The Labute approximate surface area is 143 Å². The number of methoxy groups -OCH3 is 1. The van der Waals surface area contributed by atoms with E-state index in [1.54, 1.807) is 18.2 Å². The zero-order valence-corrected chi connectivity index (χ0v) is 14.9. The molecule has 8 heteroatoms. The third-order valence-electron chi connectivity index (χ3n) is 1.26. The van der Waals surface area contributed by atoms with Crippen LogP contribution >= 0.6 is 0 Å². The molecule has 0 bridgehead atoms. The summed E-state index contributed by atoms with van der Waals surface area (Å²) in [6.07, 6.45) is 6.33. The average Bonchev–Trinajstić information content (AvgIpc) is 2.48. The van der Waals surface area contributed by atoms with Crippen molar-refractivity contribution in [3.63, 3.8) is 0 Å². The largest absolute Gasteiger partial charge is 0 e. The molecule has 0 N–H and O–H groups in total. The summed E-state index contributed by atoms with van der Waals surface area (Å²) < 4.78 is 32.5. The summed E-state index contributed by atoms with van der Waals surface area (Å²) in [7, 11) is -0.239. The molecular weight excluding hydrogens is 348 g/mol. The van der Waals surface area contributed by atoms with Gasteiger partial charge in [-0.3, -0.25) is 0 Å². The molecule has 0 saturated carbocycles. The normalized spacial score (nSPS) is 8.45. The van der Waals surface area contributed by atoms with Crippen LogP contribution in [0.1, 0.15) is 0 Å². The van der Waals surface area contributed by atoms with Crippen LogP contribution in [0.15, 0.2) is 36.6 Å². The second-order valence-electron chi connectivity index (χ2n) is 3.92. The van der Waals surface area contributed by atoms with E-state index in [-0.39, 0.29) is 23.0 Å². The molecule has 0 aromatic carbocycles. The van der Waals surface area contributed by atoms with Crippen molar-refractivity contribution in [3.8, 4) is 0 Å². The summed E-state index contributed by atoms with van der Waals surface area (Å²) >= 11 is 0. The molecule has 0 unspecified atom stereocenters. The maximum absolute atomic E-state index is 10.7. The van der Waals surface area contributed by atoms with E-state index in [4.69, 9.17) is 18.4 Å². The SMILES string of the molecule is C=C(/C=C/C=C/C(=O)OC)O[Si](C)(C)C.[C-]#[O+].[C-]#[O+].[C-]#[O+].[Fe]. The maximum atomic E-state index is 10.7. The van der Waals surface area contributed by atoms with Gasteiger partial charge in [0, 0.05) is 23.1 Å². The minimum atomic E-state index is -1.58. The monoisotopic (exact) mass is 366 g/mol. The predicted octanol–water partition coefficient (Wildman–Crippen LogP) is 2.52. The van der Waals surface area contributed by atoms with Gasteiger partial charge in [0.05, 0.1) is 12.9 Å². The average molecular weight is 366 g/mol. The molecule has 0 aliphatic carbocycles. The van der Waals surface area contributed by atoms with Crippen LogP contribution < -0.4 is 0 Å². The van der Waals surface area contributed by atoms with Crippen LogP contribution in [0.2, 0.25) is 19.6 Å². The molecule has 0 aliphatic rings. The molecule has 0 saturated heterocycles. The third-order valence-corrected chi connectivity index (χ3v) is 2.14. The summed E-state index contributed by atoms with van der Waals surface area (Å²) in [5, 5.41) is 0. The van der Waals surface area contributed by atoms with E-state index in [1.807, 2.05) is 0 Å². The Hall–Kier alpha value is -1.55. The molecule has 0 aromatic rings. The fraction of sp³-hybridized carbons (Fsp3) is 0.286. The molecule has 0 aromatic heterocycles. The van der Waals surface area contributed by atoms with Crippen molar-refractivity contribution in [1.29, 1.82) is 0 Å². The van der Waals surface area contributed by atoms with Gasteiger partial charge in [0.15, 0.2) is 0 Å². The number of hydrogen-bond donors (Lipinski definition) is 0. The molecule has 122 valence electrons. The maximum Gasteiger partial charge on any atom is 0 e. The molecule has 0 radical (unpaired) electrons. The second-order valence-corrected chi connectivity index (χ2v) is 8.35. The van der Waals surface area contributed by atoms with E-state index in [0.717, 1.165) is 0 Å². The van der Waals surface area contributed by atoms with Gasteiger partial charge in [-0.05, 0) is 25.7 Å². The number of carbonyl (C=O) groups is 1. The second kappa shape index (κ2) is 24.5. The summed E-state index contributed by atoms with van der Waals surface area (Å²) in [5.74, 6) is 0.236. The van der Waals surface area contributed by atoms with E-state index in [9.17, 15) is 4.79 Å². The molecular formula is C14H18FeO6Si. The van der Waals surface area contributed by atoms with Gasteiger partial charge in [0.1, 0.15) is 0 Å². The quantitative estimate of drug-likeness (QED) is 0.142. The van der Waals surface area contributed by atoms with Gasteiger partial charge in [-0.1, -0.05) is 18.7 Å². The Balaban J connectivity index is -0.000000122. The van der Waals surface area contributed by atoms with Gasteiger partial charge >= 0.3 is 39.9 Å². The number of esters is 1. The van der Waals surface area contributed by atoms with Gasteiger partial charge in [-0.2, -0.15) is 0 Å². The first kappa shape index (κ1) is 32.4. The molecule has 6 nitrogen and oxygen atoms in total. The Kier molecular flexibility index (Phi) is 36.0. The Morgan fingerprint density at radius 1 is 1.00 bits per heavy atom. The molecule has 22 heavy (non-hydrogen) atoms. The molecule has 0 rings (SSSR count). The van der Waals surface area contributed by atoms with Crippen LogP contribution in [0.4, 0.5) is 0 Å². The molecule has 0 spiro atoms. The number of hydrogen-bond acceptors (Lipinski definition) is 3. The zero-order chi connectivity index (χ0) is 17.9. The Morgan fingerprint density at radius 2 is 1.36 bits per heavy atom. The summed E-state index contributed by atoms with van der Waals surface area (Å²) in [6, 6.07) is 0.